The lowest BCUT2D eigenvalue weighted by molar-refractivity contribution is 0.413. The van der Waals surface area contributed by atoms with E-state index in [4.69, 9.17) is 28.6 Å². The lowest BCUT2D eigenvalue weighted by atomic mass is 10.2. The zero-order valence-electron chi connectivity index (χ0n) is 11.5. The molecule has 0 atom stereocenters. The fourth-order valence-electron chi connectivity index (χ4n) is 2.16. The van der Waals surface area contributed by atoms with Gasteiger partial charge in [-0.3, -0.25) is 9.67 Å². The molecule has 112 valence electrons. The van der Waals surface area contributed by atoms with Gasteiger partial charge >= 0.3 is 0 Å². The zero-order chi connectivity index (χ0) is 15.7. The highest BCUT2D eigenvalue weighted by Crippen LogP contribution is 2.29. The van der Waals surface area contributed by atoms with Crippen molar-refractivity contribution in [3.8, 4) is 22.8 Å². The average molecular weight is 336 g/mol. The van der Waals surface area contributed by atoms with E-state index in [1.807, 2.05) is 24.3 Å². The summed E-state index contributed by atoms with van der Waals surface area (Å²) in [6, 6.07) is 11.8. The predicted molar refractivity (Wildman–Crippen MR) is 85.7 cm³/mol. The van der Waals surface area contributed by atoms with E-state index >= 15 is 0 Å². The van der Waals surface area contributed by atoms with Crippen molar-refractivity contribution in [3.05, 3.63) is 58.1 Å². The van der Waals surface area contributed by atoms with Crippen molar-refractivity contribution < 1.29 is 9.13 Å². The molecule has 0 radical (unpaired) electrons. The van der Waals surface area contributed by atoms with E-state index < -0.39 is 5.82 Å². The minimum atomic E-state index is -0.483. The Hall–Kier alpha value is -2.18. The van der Waals surface area contributed by atoms with Crippen molar-refractivity contribution in [2.45, 2.75) is 0 Å². The molecule has 0 bridgehead atoms. The maximum Gasteiger partial charge on any atom is 0.200 e. The zero-order valence-corrected chi connectivity index (χ0v) is 13.1. The van der Waals surface area contributed by atoms with Crippen LogP contribution in [0.5, 0.6) is 5.75 Å². The minimum absolute atomic E-state index is 0.0259. The Balaban J connectivity index is 2.24. The SMILES string of the molecule is COc1ccccc1-n1c(-c2ccc(F)c(Cl)c2)n[nH]c1=S. The van der Waals surface area contributed by atoms with Gasteiger partial charge in [0.1, 0.15) is 11.6 Å². The summed E-state index contributed by atoms with van der Waals surface area (Å²) in [6.45, 7) is 0. The van der Waals surface area contributed by atoms with Gasteiger partial charge in [-0.25, -0.2) is 4.39 Å². The third-order valence-electron chi connectivity index (χ3n) is 3.18. The molecule has 1 N–H and O–H groups in total. The molecule has 0 aliphatic heterocycles. The van der Waals surface area contributed by atoms with Gasteiger partial charge in [0.2, 0.25) is 0 Å². The van der Waals surface area contributed by atoms with Crippen molar-refractivity contribution in [1.29, 1.82) is 0 Å². The summed E-state index contributed by atoms with van der Waals surface area (Å²) < 4.78 is 20.8. The van der Waals surface area contributed by atoms with Crippen molar-refractivity contribution in [1.82, 2.24) is 14.8 Å². The van der Waals surface area contributed by atoms with Crippen LogP contribution in [0.2, 0.25) is 5.02 Å². The first-order valence-corrected chi connectivity index (χ1v) is 7.16. The number of ether oxygens (including phenoxy) is 1. The molecule has 0 amide bonds. The lowest BCUT2D eigenvalue weighted by Crippen LogP contribution is -2.00. The van der Waals surface area contributed by atoms with Gasteiger partial charge in [-0.15, -0.1) is 0 Å². The summed E-state index contributed by atoms with van der Waals surface area (Å²) in [7, 11) is 1.58. The van der Waals surface area contributed by atoms with Gasteiger partial charge < -0.3 is 4.74 Å². The fourth-order valence-corrected chi connectivity index (χ4v) is 2.57. The number of hydrogen-bond donors (Lipinski definition) is 1. The van der Waals surface area contributed by atoms with Crippen molar-refractivity contribution in [2.24, 2.45) is 0 Å². The average Bonchev–Trinajstić information content (AvgIpc) is 2.91. The molecule has 0 spiro atoms. The molecule has 0 saturated heterocycles. The normalized spacial score (nSPS) is 10.7. The first kappa shape index (κ1) is 14.7. The van der Waals surface area contributed by atoms with Crippen LogP contribution in [-0.4, -0.2) is 21.9 Å². The standard InChI is InChI=1S/C15H11ClFN3OS/c1-21-13-5-3-2-4-12(13)20-14(18-19-15(20)22)9-6-7-11(17)10(16)8-9/h2-8H,1H3,(H,19,22). The van der Waals surface area contributed by atoms with E-state index in [0.717, 1.165) is 5.69 Å². The Bertz CT molecular complexity index is 890. The summed E-state index contributed by atoms with van der Waals surface area (Å²) in [6.07, 6.45) is 0. The summed E-state index contributed by atoms with van der Waals surface area (Å²) in [5.41, 5.74) is 1.38. The Morgan fingerprint density at radius 2 is 2.05 bits per heavy atom. The number of rotatable bonds is 3. The molecule has 3 aromatic rings. The maximum atomic E-state index is 13.4. The molecule has 0 fully saturated rings. The minimum Gasteiger partial charge on any atom is -0.495 e. The van der Waals surface area contributed by atoms with Gasteiger partial charge in [0.15, 0.2) is 10.6 Å². The second kappa shape index (κ2) is 5.90. The Morgan fingerprint density at radius 3 is 2.77 bits per heavy atom. The van der Waals surface area contributed by atoms with Crippen LogP contribution in [0.15, 0.2) is 42.5 Å². The highest BCUT2D eigenvalue weighted by Gasteiger charge is 2.15. The molecule has 1 aromatic heterocycles. The molecule has 2 aromatic carbocycles. The fraction of sp³-hybridized carbons (Fsp3) is 0.0667. The number of aromatic nitrogens is 3. The van der Waals surface area contributed by atoms with Crippen LogP contribution in [0.4, 0.5) is 4.39 Å². The lowest BCUT2D eigenvalue weighted by Gasteiger charge is -2.11. The largest absolute Gasteiger partial charge is 0.495 e. The van der Waals surface area contributed by atoms with Crippen LogP contribution in [-0.2, 0) is 0 Å². The van der Waals surface area contributed by atoms with E-state index in [0.29, 0.717) is 21.9 Å². The molecule has 0 saturated carbocycles. The molecule has 3 rings (SSSR count). The van der Waals surface area contributed by atoms with E-state index in [2.05, 4.69) is 10.2 Å². The number of para-hydroxylation sites is 2. The number of nitrogens with one attached hydrogen (secondary N) is 1. The summed E-state index contributed by atoms with van der Waals surface area (Å²) >= 11 is 11.2. The number of benzene rings is 2. The topological polar surface area (TPSA) is 42.8 Å². The molecule has 0 unspecified atom stereocenters. The van der Waals surface area contributed by atoms with Crippen LogP contribution in [0.3, 0.4) is 0 Å². The molecule has 0 aliphatic rings. The molecule has 4 nitrogen and oxygen atoms in total. The Kier molecular flexibility index (Phi) is 3.96. The number of H-pyrrole nitrogens is 1. The smallest absolute Gasteiger partial charge is 0.200 e. The van der Waals surface area contributed by atoms with Crippen LogP contribution >= 0.6 is 23.8 Å². The molecular weight excluding hydrogens is 325 g/mol. The number of hydrogen-bond acceptors (Lipinski definition) is 3. The second-order valence-corrected chi connectivity index (χ2v) is 5.28. The molecule has 7 heteroatoms. The molecule has 0 aliphatic carbocycles. The third kappa shape index (κ3) is 2.51. The number of halogens is 2. The molecular formula is C15H11ClFN3OS. The third-order valence-corrected chi connectivity index (χ3v) is 3.74. The summed E-state index contributed by atoms with van der Waals surface area (Å²) in [5.74, 6) is 0.689. The first-order chi connectivity index (χ1) is 10.6. The van der Waals surface area contributed by atoms with E-state index in [1.54, 1.807) is 17.7 Å². The van der Waals surface area contributed by atoms with Gasteiger partial charge in [-0.2, -0.15) is 5.10 Å². The summed E-state index contributed by atoms with van der Waals surface area (Å²) in [5, 5.41) is 6.99. The Labute approximate surface area is 136 Å². The Morgan fingerprint density at radius 1 is 1.27 bits per heavy atom. The second-order valence-electron chi connectivity index (χ2n) is 4.49. The molecule has 22 heavy (non-hydrogen) atoms. The van der Waals surface area contributed by atoms with Crippen LogP contribution in [0.25, 0.3) is 17.1 Å². The van der Waals surface area contributed by atoms with Crippen molar-refractivity contribution >= 4 is 23.8 Å². The van der Waals surface area contributed by atoms with Gasteiger partial charge in [-0.05, 0) is 42.5 Å². The monoisotopic (exact) mass is 335 g/mol. The van der Waals surface area contributed by atoms with Crippen molar-refractivity contribution in [3.63, 3.8) is 0 Å². The van der Waals surface area contributed by atoms with Gasteiger partial charge in [0.25, 0.3) is 0 Å². The van der Waals surface area contributed by atoms with Crippen LogP contribution < -0.4 is 4.74 Å². The van der Waals surface area contributed by atoms with Crippen molar-refractivity contribution in [2.75, 3.05) is 7.11 Å². The number of nitrogens with zero attached hydrogens (tertiary/aromatic N) is 2. The quantitative estimate of drug-likeness (QED) is 0.721. The van der Waals surface area contributed by atoms with Gasteiger partial charge in [0.05, 0.1) is 17.8 Å². The van der Waals surface area contributed by atoms with Crippen LogP contribution in [0, 0.1) is 10.6 Å². The summed E-state index contributed by atoms with van der Waals surface area (Å²) in [4.78, 5) is 0. The van der Waals surface area contributed by atoms with Gasteiger partial charge in [-0.1, -0.05) is 23.7 Å². The maximum absolute atomic E-state index is 13.4. The molecule has 1 heterocycles. The number of aromatic amines is 1. The first-order valence-electron chi connectivity index (χ1n) is 6.38. The van der Waals surface area contributed by atoms with E-state index in [-0.39, 0.29) is 5.02 Å². The highest BCUT2D eigenvalue weighted by molar-refractivity contribution is 7.71. The van der Waals surface area contributed by atoms with E-state index in [9.17, 15) is 4.39 Å². The number of methoxy groups -OCH3 is 1. The highest BCUT2D eigenvalue weighted by atomic mass is 35.5. The van der Waals surface area contributed by atoms with Crippen LogP contribution in [0.1, 0.15) is 0 Å². The van der Waals surface area contributed by atoms with Gasteiger partial charge in [0, 0.05) is 5.56 Å². The predicted octanol–water partition coefficient (Wildman–Crippen LogP) is 4.40. The van der Waals surface area contributed by atoms with E-state index in [1.165, 1.54) is 12.1 Å².